The molecule has 0 aromatic rings. The zero-order valence-corrected chi connectivity index (χ0v) is 19.3. The molecule has 2 amide bonds. The Bertz CT molecular complexity index is 751. The fourth-order valence-corrected chi connectivity index (χ4v) is 3.59. The highest BCUT2D eigenvalue weighted by Gasteiger charge is 2.39. The van der Waals surface area contributed by atoms with Crippen LogP contribution in [0.3, 0.4) is 0 Å². The van der Waals surface area contributed by atoms with Gasteiger partial charge in [-0.05, 0) is 37.5 Å². The average Bonchev–Trinajstić information content (AvgIpc) is 2.70. The monoisotopic (exact) mass is 451 g/mol. The molecule has 0 aromatic heterocycles. The number of rotatable bonds is 9. The van der Waals surface area contributed by atoms with Crippen molar-refractivity contribution < 1.29 is 19.1 Å². The lowest BCUT2D eigenvalue weighted by atomic mass is 9.74. The Morgan fingerprint density at radius 1 is 1.35 bits per heavy atom. The number of nitriles is 1. The van der Waals surface area contributed by atoms with Gasteiger partial charge in [-0.25, -0.2) is 5.43 Å². The quantitative estimate of drug-likeness (QED) is 0.351. The topological polar surface area (TPSA) is 138 Å². The van der Waals surface area contributed by atoms with Gasteiger partial charge in [0.05, 0.1) is 29.5 Å². The van der Waals surface area contributed by atoms with Crippen LogP contribution in [0.5, 0.6) is 0 Å². The maximum atomic E-state index is 13.1. The fourth-order valence-electron chi connectivity index (χ4n) is 3.42. The minimum atomic E-state index is -0.953. The Morgan fingerprint density at radius 2 is 2.06 bits per heavy atom. The molecular formula is C21H33N5O4S. The van der Waals surface area contributed by atoms with Crippen molar-refractivity contribution in [3.05, 3.63) is 0 Å². The lowest BCUT2D eigenvalue weighted by Crippen LogP contribution is -2.61. The van der Waals surface area contributed by atoms with Crippen LogP contribution in [-0.2, 0) is 19.1 Å². The summed E-state index contributed by atoms with van der Waals surface area (Å²) in [6, 6.07) is 0.523. The highest BCUT2D eigenvalue weighted by Crippen LogP contribution is 2.33. The van der Waals surface area contributed by atoms with E-state index in [9.17, 15) is 14.4 Å². The van der Waals surface area contributed by atoms with E-state index in [0.29, 0.717) is 38.8 Å². The molecule has 0 radical (unpaired) electrons. The van der Waals surface area contributed by atoms with E-state index in [1.165, 1.54) is 5.01 Å². The fraction of sp³-hybridized carbons (Fsp3) is 0.762. The zero-order valence-electron chi connectivity index (χ0n) is 18.5. The van der Waals surface area contributed by atoms with Crippen molar-refractivity contribution in [2.24, 2.45) is 23.0 Å². The molecule has 1 saturated carbocycles. The number of nitrogens with two attached hydrogens (primary N) is 1. The van der Waals surface area contributed by atoms with Crippen molar-refractivity contribution in [2.45, 2.75) is 71.4 Å². The minimum Gasteiger partial charge on any atom is -0.464 e. The van der Waals surface area contributed by atoms with Gasteiger partial charge >= 0.3 is 5.97 Å². The predicted molar refractivity (Wildman–Crippen MR) is 118 cm³/mol. The van der Waals surface area contributed by atoms with E-state index >= 15 is 0 Å². The van der Waals surface area contributed by atoms with E-state index in [4.69, 9.17) is 28.0 Å². The summed E-state index contributed by atoms with van der Waals surface area (Å²) in [5.74, 6) is -1.92. The molecule has 1 saturated heterocycles. The van der Waals surface area contributed by atoms with Crippen LogP contribution >= 0.6 is 12.2 Å². The van der Waals surface area contributed by atoms with Crippen molar-refractivity contribution in [1.29, 1.82) is 5.26 Å². The Balaban J connectivity index is 1.99. The number of carbonyl (C=O) groups is 3. The van der Waals surface area contributed by atoms with Crippen molar-refractivity contribution >= 4 is 35.0 Å². The second-order valence-electron chi connectivity index (χ2n) is 9.09. The van der Waals surface area contributed by atoms with Crippen LogP contribution in [0.15, 0.2) is 0 Å². The third-order valence-electron chi connectivity index (χ3n) is 6.10. The summed E-state index contributed by atoms with van der Waals surface area (Å²) in [6.07, 6.45) is 3.33. The summed E-state index contributed by atoms with van der Waals surface area (Å²) < 4.78 is 5.45. The van der Waals surface area contributed by atoms with E-state index in [0.717, 1.165) is 6.42 Å². The number of carbonyl (C=O) groups excluding carboxylic acids is 3. The lowest BCUT2D eigenvalue weighted by molar-refractivity contribution is -0.155. The molecule has 4 atom stereocenters. The second kappa shape index (κ2) is 10.9. The molecule has 1 aliphatic heterocycles. The Hall–Kier alpha value is -2.25. The summed E-state index contributed by atoms with van der Waals surface area (Å²) in [5.41, 5.74) is 8.46. The molecule has 2 unspecified atom stereocenters. The van der Waals surface area contributed by atoms with E-state index in [1.807, 2.05) is 20.8 Å². The average molecular weight is 452 g/mol. The number of hydrogen-bond acceptors (Lipinski definition) is 7. The molecule has 0 bridgehead atoms. The van der Waals surface area contributed by atoms with Crippen LogP contribution in [-0.4, -0.2) is 53.0 Å². The van der Waals surface area contributed by atoms with E-state index in [2.05, 4.69) is 16.8 Å². The van der Waals surface area contributed by atoms with Gasteiger partial charge in [-0.2, -0.15) is 5.26 Å². The molecule has 0 aromatic carbocycles. The van der Waals surface area contributed by atoms with Gasteiger partial charge in [0.25, 0.3) is 5.91 Å². The van der Waals surface area contributed by atoms with Crippen LogP contribution in [0.4, 0.5) is 0 Å². The lowest BCUT2D eigenvalue weighted by Gasteiger charge is -2.36. The number of ether oxygens (including phenoxy) is 1. The molecule has 2 fully saturated rings. The van der Waals surface area contributed by atoms with Gasteiger partial charge in [0.2, 0.25) is 5.91 Å². The number of esters is 1. The largest absolute Gasteiger partial charge is 0.464 e. The number of thiocarbonyl (C=S) groups is 1. The number of hydrazine groups is 1. The van der Waals surface area contributed by atoms with Gasteiger partial charge in [0, 0.05) is 13.0 Å². The number of amides is 2. The van der Waals surface area contributed by atoms with E-state index in [1.54, 1.807) is 0 Å². The van der Waals surface area contributed by atoms with Crippen molar-refractivity contribution in [1.82, 2.24) is 15.8 Å². The predicted octanol–water partition coefficient (Wildman–Crippen LogP) is 1.17. The number of hydrogen-bond donors (Lipinski definition) is 3. The summed E-state index contributed by atoms with van der Waals surface area (Å²) in [5, 5.41) is 13.1. The molecule has 172 valence electrons. The highest BCUT2D eigenvalue weighted by atomic mass is 32.1. The molecule has 2 aliphatic rings. The molecular weight excluding hydrogens is 418 g/mol. The van der Waals surface area contributed by atoms with E-state index < -0.39 is 29.9 Å². The third kappa shape index (κ3) is 6.87. The SMILES string of the molecule is CCC(C)(C)COC(=O)[C@@H]1CCCN(C(=O)[C@H](CC(N)=S)NC(=O)C2CCC2C#N)N1. The Kier molecular flexibility index (Phi) is 8.77. The Labute approximate surface area is 189 Å². The van der Waals surface area contributed by atoms with Crippen molar-refractivity contribution in [2.75, 3.05) is 13.2 Å². The van der Waals surface area contributed by atoms with Crippen molar-refractivity contribution in [3.63, 3.8) is 0 Å². The van der Waals surface area contributed by atoms with Crippen LogP contribution < -0.4 is 16.5 Å². The first-order valence-corrected chi connectivity index (χ1v) is 11.2. The van der Waals surface area contributed by atoms with Crippen molar-refractivity contribution in [3.8, 4) is 6.07 Å². The molecule has 2 rings (SSSR count). The second-order valence-corrected chi connectivity index (χ2v) is 9.61. The minimum absolute atomic E-state index is 0.00181. The van der Waals surface area contributed by atoms with Gasteiger partial charge in [-0.3, -0.25) is 19.4 Å². The number of nitrogens with one attached hydrogen (secondary N) is 2. The molecule has 9 nitrogen and oxygen atoms in total. The molecule has 1 aliphatic carbocycles. The summed E-state index contributed by atoms with van der Waals surface area (Å²) in [6.45, 7) is 6.76. The summed E-state index contributed by atoms with van der Waals surface area (Å²) in [4.78, 5) is 38.2. The van der Waals surface area contributed by atoms with Gasteiger partial charge in [0.15, 0.2) is 0 Å². The third-order valence-corrected chi connectivity index (χ3v) is 6.26. The maximum absolute atomic E-state index is 13.1. The molecule has 4 N–H and O–H groups in total. The van der Waals surface area contributed by atoms with Crippen LogP contribution in [0.25, 0.3) is 0 Å². The summed E-state index contributed by atoms with van der Waals surface area (Å²) in [7, 11) is 0. The van der Waals surface area contributed by atoms with Gasteiger partial charge in [-0.15, -0.1) is 0 Å². The first-order valence-electron chi connectivity index (χ1n) is 10.8. The molecule has 1 heterocycles. The van der Waals surface area contributed by atoms with Crippen LogP contribution in [0, 0.1) is 28.6 Å². The zero-order chi connectivity index (χ0) is 23.2. The molecule has 0 spiro atoms. The molecule has 10 heteroatoms. The summed E-state index contributed by atoms with van der Waals surface area (Å²) >= 11 is 4.95. The van der Waals surface area contributed by atoms with Crippen LogP contribution in [0.2, 0.25) is 0 Å². The highest BCUT2D eigenvalue weighted by molar-refractivity contribution is 7.80. The first kappa shape index (κ1) is 25.0. The van der Waals surface area contributed by atoms with Crippen LogP contribution in [0.1, 0.15) is 59.3 Å². The normalized spacial score (nSPS) is 24.3. The van der Waals surface area contributed by atoms with Gasteiger partial charge in [-0.1, -0.05) is 33.0 Å². The maximum Gasteiger partial charge on any atom is 0.324 e. The van der Waals surface area contributed by atoms with Gasteiger partial charge < -0.3 is 15.8 Å². The first-order chi connectivity index (χ1) is 14.6. The Morgan fingerprint density at radius 3 is 2.61 bits per heavy atom. The number of nitrogens with zero attached hydrogens (tertiary/aromatic N) is 2. The molecule has 31 heavy (non-hydrogen) atoms. The smallest absolute Gasteiger partial charge is 0.324 e. The van der Waals surface area contributed by atoms with Gasteiger partial charge in [0.1, 0.15) is 12.1 Å². The standard InChI is InChI=1S/C21H33N5O4S/c1-4-21(2,3)12-30-20(29)15-6-5-9-26(25-15)19(28)16(10-17(23)31)24-18(27)14-8-7-13(14)11-22/h13-16,25H,4-10,12H2,1-3H3,(H2,23,31)(H,24,27)/t13?,14?,15-,16-/m0/s1. The van der Waals surface area contributed by atoms with E-state index in [-0.39, 0.29) is 28.6 Å².